The van der Waals surface area contributed by atoms with E-state index in [0.29, 0.717) is 10.2 Å². The lowest BCUT2D eigenvalue weighted by Crippen LogP contribution is -2.15. The van der Waals surface area contributed by atoms with E-state index in [9.17, 15) is 18.0 Å². The van der Waals surface area contributed by atoms with Crippen molar-refractivity contribution < 1.29 is 18.0 Å². The fourth-order valence-electron chi connectivity index (χ4n) is 2.17. The fraction of sp³-hybridized carbons (Fsp3) is 0.133. The Labute approximate surface area is 139 Å². The molecular formula is C15H10ClF3N4O. The molecule has 0 spiro atoms. The molecule has 24 heavy (non-hydrogen) atoms. The molecule has 0 unspecified atom stereocenters. The first kappa shape index (κ1) is 16.3. The molecule has 0 saturated heterocycles. The first-order chi connectivity index (χ1) is 11.3. The molecule has 0 atom stereocenters. The van der Waals surface area contributed by atoms with E-state index in [-0.39, 0.29) is 22.1 Å². The van der Waals surface area contributed by atoms with Crippen LogP contribution in [0.1, 0.15) is 21.9 Å². The number of alkyl halides is 3. The molecule has 0 bridgehead atoms. The zero-order valence-corrected chi connectivity index (χ0v) is 13.0. The van der Waals surface area contributed by atoms with E-state index in [0.717, 1.165) is 6.07 Å². The largest absolute Gasteiger partial charge is 0.433 e. The summed E-state index contributed by atoms with van der Waals surface area (Å²) < 4.78 is 40.0. The standard InChI is InChI=1S/C15H10ClF3N4O/c1-8-7-10(15(17,18)19)23-13(20-8)11(16)12(22-23)14(24)21-9-5-3-2-4-6-9/h2-7H,1H3,(H,21,24). The third kappa shape index (κ3) is 2.92. The van der Waals surface area contributed by atoms with Gasteiger partial charge in [-0.05, 0) is 25.1 Å². The lowest BCUT2D eigenvalue weighted by atomic mass is 10.3. The van der Waals surface area contributed by atoms with Gasteiger partial charge in [-0.15, -0.1) is 0 Å². The second-order valence-electron chi connectivity index (χ2n) is 5.00. The number of aryl methyl sites for hydroxylation is 1. The van der Waals surface area contributed by atoms with Crippen molar-refractivity contribution in [1.29, 1.82) is 0 Å². The minimum Gasteiger partial charge on any atom is -0.321 e. The average Bonchev–Trinajstić information content (AvgIpc) is 2.84. The SMILES string of the molecule is Cc1cc(C(F)(F)F)n2nc(C(=O)Nc3ccccc3)c(Cl)c2n1. The van der Waals surface area contributed by atoms with Crippen molar-refractivity contribution in [3.8, 4) is 0 Å². The Bertz CT molecular complexity index is 922. The lowest BCUT2D eigenvalue weighted by molar-refractivity contribution is -0.142. The number of aromatic nitrogens is 3. The van der Waals surface area contributed by atoms with Crippen molar-refractivity contribution in [2.24, 2.45) is 0 Å². The Morgan fingerprint density at radius 1 is 1.25 bits per heavy atom. The van der Waals surface area contributed by atoms with E-state index < -0.39 is 17.8 Å². The molecule has 2 aromatic heterocycles. The molecule has 0 fully saturated rings. The number of carbonyl (C=O) groups excluding carboxylic acids is 1. The van der Waals surface area contributed by atoms with E-state index in [1.807, 2.05) is 0 Å². The first-order valence-corrected chi connectivity index (χ1v) is 7.14. The Morgan fingerprint density at radius 3 is 2.54 bits per heavy atom. The van der Waals surface area contributed by atoms with Crippen LogP contribution in [0.25, 0.3) is 5.65 Å². The maximum absolute atomic E-state index is 13.2. The summed E-state index contributed by atoms with van der Waals surface area (Å²) in [5, 5.41) is 5.99. The number of amides is 1. The number of para-hydroxylation sites is 1. The van der Waals surface area contributed by atoms with Crippen LogP contribution < -0.4 is 5.32 Å². The van der Waals surface area contributed by atoms with Gasteiger partial charge in [0.25, 0.3) is 5.91 Å². The molecule has 1 amide bonds. The third-order valence-corrected chi connectivity index (χ3v) is 3.55. The van der Waals surface area contributed by atoms with Gasteiger partial charge in [-0.3, -0.25) is 4.79 Å². The second-order valence-corrected chi connectivity index (χ2v) is 5.38. The van der Waals surface area contributed by atoms with Crippen molar-refractivity contribution in [2.45, 2.75) is 13.1 Å². The molecule has 0 aliphatic carbocycles. The summed E-state index contributed by atoms with van der Waals surface area (Å²) >= 11 is 6.04. The number of fused-ring (bicyclic) bond motifs is 1. The Hall–Kier alpha value is -2.61. The third-order valence-electron chi connectivity index (χ3n) is 3.20. The van der Waals surface area contributed by atoms with Gasteiger partial charge >= 0.3 is 6.18 Å². The smallest absolute Gasteiger partial charge is 0.321 e. The molecule has 9 heteroatoms. The van der Waals surface area contributed by atoms with Gasteiger partial charge < -0.3 is 5.32 Å². The predicted octanol–water partition coefficient (Wildman–Crippen LogP) is 3.96. The molecule has 2 heterocycles. The maximum atomic E-state index is 13.2. The molecule has 1 N–H and O–H groups in total. The van der Waals surface area contributed by atoms with Crippen molar-refractivity contribution >= 4 is 28.8 Å². The zero-order chi connectivity index (χ0) is 17.5. The van der Waals surface area contributed by atoms with Crippen LogP contribution >= 0.6 is 11.6 Å². The summed E-state index contributed by atoms with van der Waals surface area (Å²) in [5.41, 5.74) is -1.01. The molecule has 0 aliphatic rings. The molecule has 0 saturated carbocycles. The minimum absolute atomic E-state index is 0.117. The van der Waals surface area contributed by atoms with Gasteiger partial charge in [0, 0.05) is 11.4 Å². The van der Waals surface area contributed by atoms with Gasteiger partial charge in [0.2, 0.25) is 0 Å². The van der Waals surface area contributed by atoms with Gasteiger partial charge in [-0.2, -0.15) is 18.3 Å². The number of hydrogen-bond donors (Lipinski definition) is 1. The van der Waals surface area contributed by atoms with E-state index in [2.05, 4.69) is 15.4 Å². The van der Waals surface area contributed by atoms with Gasteiger partial charge in [-0.1, -0.05) is 29.8 Å². The van der Waals surface area contributed by atoms with Gasteiger partial charge in [0.05, 0.1) is 0 Å². The average molecular weight is 355 g/mol. The van der Waals surface area contributed by atoms with Crippen LogP contribution in [0.3, 0.4) is 0 Å². The second kappa shape index (κ2) is 5.79. The van der Waals surface area contributed by atoms with Gasteiger partial charge in [0.1, 0.15) is 10.7 Å². The molecule has 0 aliphatic heterocycles. The predicted molar refractivity (Wildman–Crippen MR) is 82.1 cm³/mol. The van der Waals surface area contributed by atoms with Gasteiger partial charge in [-0.25, -0.2) is 9.50 Å². The molecular weight excluding hydrogens is 345 g/mol. The quantitative estimate of drug-likeness (QED) is 0.757. The highest BCUT2D eigenvalue weighted by Crippen LogP contribution is 2.32. The number of halogens is 4. The number of carbonyl (C=O) groups is 1. The number of hydrogen-bond acceptors (Lipinski definition) is 3. The zero-order valence-electron chi connectivity index (χ0n) is 12.2. The van der Waals surface area contributed by atoms with Crippen LogP contribution in [-0.2, 0) is 6.18 Å². The summed E-state index contributed by atoms with van der Waals surface area (Å²) in [6, 6.07) is 9.27. The summed E-state index contributed by atoms with van der Waals surface area (Å²) in [4.78, 5) is 16.2. The Morgan fingerprint density at radius 2 is 1.92 bits per heavy atom. The summed E-state index contributed by atoms with van der Waals surface area (Å²) in [5.74, 6) is -0.720. The lowest BCUT2D eigenvalue weighted by Gasteiger charge is -2.09. The highest BCUT2D eigenvalue weighted by Gasteiger charge is 2.36. The van der Waals surface area contributed by atoms with Crippen molar-refractivity contribution in [3.05, 3.63) is 58.5 Å². The van der Waals surface area contributed by atoms with Crippen LogP contribution in [0.2, 0.25) is 5.02 Å². The van der Waals surface area contributed by atoms with E-state index in [1.54, 1.807) is 30.3 Å². The van der Waals surface area contributed by atoms with Crippen LogP contribution in [0, 0.1) is 6.92 Å². The minimum atomic E-state index is -4.66. The Balaban J connectivity index is 2.10. The van der Waals surface area contributed by atoms with Crippen LogP contribution in [0.15, 0.2) is 36.4 Å². The highest BCUT2D eigenvalue weighted by atomic mass is 35.5. The number of benzene rings is 1. The fourth-order valence-corrected chi connectivity index (χ4v) is 2.42. The highest BCUT2D eigenvalue weighted by molar-refractivity contribution is 6.37. The monoisotopic (exact) mass is 354 g/mol. The van der Waals surface area contributed by atoms with E-state index in [4.69, 9.17) is 11.6 Å². The van der Waals surface area contributed by atoms with Gasteiger partial charge in [0.15, 0.2) is 11.3 Å². The van der Waals surface area contributed by atoms with E-state index in [1.165, 1.54) is 6.92 Å². The molecule has 124 valence electrons. The van der Waals surface area contributed by atoms with E-state index >= 15 is 0 Å². The molecule has 1 aromatic carbocycles. The van der Waals surface area contributed by atoms with Crippen LogP contribution in [-0.4, -0.2) is 20.5 Å². The summed E-state index contributed by atoms with van der Waals surface area (Å²) in [6.45, 7) is 1.41. The number of nitrogens with one attached hydrogen (secondary N) is 1. The topological polar surface area (TPSA) is 59.3 Å². The molecule has 5 nitrogen and oxygen atoms in total. The van der Waals surface area contributed by atoms with Crippen molar-refractivity contribution in [2.75, 3.05) is 5.32 Å². The molecule has 3 rings (SSSR count). The van der Waals surface area contributed by atoms with Crippen LogP contribution in [0.4, 0.5) is 18.9 Å². The number of anilines is 1. The number of rotatable bonds is 2. The summed E-state index contributed by atoms with van der Waals surface area (Å²) in [7, 11) is 0. The number of nitrogens with zero attached hydrogens (tertiary/aromatic N) is 3. The maximum Gasteiger partial charge on any atom is 0.433 e. The van der Waals surface area contributed by atoms with Crippen molar-refractivity contribution in [1.82, 2.24) is 14.6 Å². The van der Waals surface area contributed by atoms with Crippen LogP contribution in [0.5, 0.6) is 0 Å². The Kier molecular flexibility index (Phi) is 3.92. The first-order valence-electron chi connectivity index (χ1n) is 6.77. The van der Waals surface area contributed by atoms with Crippen molar-refractivity contribution in [3.63, 3.8) is 0 Å². The normalized spacial score (nSPS) is 11.7. The molecule has 0 radical (unpaired) electrons. The molecule has 3 aromatic rings. The summed E-state index contributed by atoms with van der Waals surface area (Å²) in [6.07, 6.45) is -4.66.